The van der Waals surface area contributed by atoms with Gasteiger partial charge in [-0.3, -0.25) is 14.6 Å². The Morgan fingerprint density at radius 2 is 1.81 bits per heavy atom. The van der Waals surface area contributed by atoms with Gasteiger partial charge < -0.3 is 9.80 Å². The van der Waals surface area contributed by atoms with E-state index in [9.17, 15) is 9.59 Å². The van der Waals surface area contributed by atoms with E-state index in [2.05, 4.69) is 20.9 Å². The third-order valence-electron chi connectivity index (χ3n) is 4.27. The molecule has 0 saturated heterocycles. The number of pyridine rings is 1. The Morgan fingerprint density at radius 3 is 2.38 bits per heavy atom. The summed E-state index contributed by atoms with van der Waals surface area (Å²) in [4.78, 5) is 32.7. The van der Waals surface area contributed by atoms with Crippen LogP contribution in [0.5, 0.6) is 0 Å². The molecule has 2 rings (SSSR count). The van der Waals surface area contributed by atoms with Crippen LogP contribution >= 0.6 is 15.9 Å². The number of halogens is 1. The van der Waals surface area contributed by atoms with Crippen LogP contribution in [0.25, 0.3) is 11.3 Å². The van der Waals surface area contributed by atoms with Crippen molar-refractivity contribution >= 4 is 27.7 Å². The standard InChI is InChI=1S/C20H24BrN3O2/c1-5-24(6-2)19(25)13-23(4)20(26)17-10-11-18(22-14(17)3)15-8-7-9-16(21)12-15/h7-12H,5-6,13H2,1-4H3. The van der Waals surface area contributed by atoms with E-state index in [0.29, 0.717) is 24.3 Å². The van der Waals surface area contributed by atoms with Gasteiger partial charge in [0.1, 0.15) is 0 Å². The Hall–Kier alpha value is -2.21. The molecule has 0 unspecified atom stereocenters. The number of hydrogen-bond donors (Lipinski definition) is 0. The second-order valence-electron chi connectivity index (χ2n) is 6.07. The van der Waals surface area contributed by atoms with Crippen molar-refractivity contribution in [3.8, 4) is 11.3 Å². The third-order valence-corrected chi connectivity index (χ3v) is 4.77. The maximum Gasteiger partial charge on any atom is 0.255 e. The highest BCUT2D eigenvalue weighted by molar-refractivity contribution is 9.10. The molecule has 0 fully saturated rings. The van der Waals surface area contributed by atoms with Crippen LogP contribution in [0.4, 0.5) is 0 Å². The number of carbonyl (C=O) groups is 2. The Bertz CT molecular complexity index is 803. The van der Waals surface area contributed by atoms with Crippen LogP contribution in [0.3, 0.4) is 0 Å². The van der Waals surface area contributed by atoms with Crippen LogP contribution in [-0.4, -0.2) is 53.3 Å². The highest BCUT2D eigenvalue weighted by atomic mass is 79.9. The van der Waals surface area contributed by atoms with Gasteiger partial charge in [-0.1, -0.05) is 28.1 Å². The van der Waals surface area contributed by atoms with Crippen molar-refractivity contribution in [2.45, 2.75) is 20.8 Å². The summed E-state index contributed by atoms with van der Waals surface area (Å²) < 4.78 is 0.976. The molecule has 0 aliphatic carbocycles. The SMILES string of the molecule is CCN(CC)C(=O)CN(C)C(=O)c1ccc(-c2cccc(Br)c2)nc1C. The van der Waals surface area contributed by atoms with Crippen molar-refractivity contribution in [2.75, 3.05) is 26.7 Å². The van der Waals surface area contributed by atoms with Crippen LogP contribution < -0.4 is 0 Å². The Kier molecular flexibility index (Phi) is 6.91. The third kappa shape index (κ3) is 4.69. The minimum Gasteiger partial charge on any atom is -0.342 e. The van der Waals surface area contributed by atoms with Crippen molar-refractivity contribution in [3.63, 3.8) is 0 Å². The summed E-state index contributed by atoms with van der Waals surface area (Å²) in [6.07, 6.45) is 0. The Morgan fingerprint density at radius 1 is 1.12 bits per heavy atom. The summed E-state index contributed by atoms with van der Waals surface area (Å²) in [6, 6.07) is 11.5. The van der Waals surface area contributed by atoms with Gasteiger partial charge in [0.25, 0.3) is 5.91 Å². The number of aromatic nitrogens is 1. The van der Waals surface area contributed by atoms with Crippen molar-refractivity contribution in [2.24, 2.45) is 0 Å². The van der Waals surface area contributed by atoms with Crippen LogP contribution in [-0.2, 0) is 4.79 Å². The van der Waals surface area contributed by atoms with E-state index in [1.54, 1.807) is 18.0 Å². The molecule has 0 spiro atoms. The van der Waals surface area contributed by atoms with Gasteiger partial charge in [-0.15, -0.1) is 0 Å². The lowest BCUT2D eigenvalue weighted by atomic mass is 10.1. The molecule has 26 heavy (non-hydrogen) atoms. The molecule has 1 aromatic carbocycles. The molecule has 0 aliphatic heterocycles. The minimum atomic E-state index is -0.198. The Balaban J connectivity index is 2.18. The molecule has 138 valence electrons. The molecule has 1 heterocycles. The maximum absolute atomic E-state index is 12.7. The number of benzene rings is 1. The second kappa shape index (κ2) is 8.94. The number of aryl methyl sites for hydroxylation is 1. The lowest BCUT2D eigenvalue weighted by Gasteiger charge is -2.23. The normalized spacial score (nSPS) is 10.5. The number of hydrogen-bond acceptors (Lipinski definition) is 3. The van der Waals surface area contributed by atoms with Gasteiger partial charge in [0, 0.05) is 30.2 Å². The highest BCUT2D eigenvalue weighted by Gasteiger charge is 2.20. The molecule has 0 aliphatic rings. The quantitative estimate of drug-likeness (QED) is 0.718. The van der Waals surface area contributed by atoms with Gasteiger partial charge in [0.05, 0.1) is 23.5 Å². The second-order valence-corrected chi connectivity index (χ2v) is 6.98. The predicted molar refractivity (Wildman–Crippen MR) is 107 cm³/mol. The molecule has 2 amide bonds. The molecule has 0 atom stereocenters. The summed E-state index contributed by atoms with van der Waals surface area (Å²) in [6.45, 7) is 7.01. The zero-order chi connectivity index (χ0) is 19.3. The van der Waals surface area contributed by atoms with Crippen molar-refractivity contribution in [3.05, 3.63) is 52.1 Å². The number of amides is 2. The van der Waals surface area contributed by atoms with E-state index in [0.717, 1.165) is 15.7 Å². The summed E-state index contributed by atoms with van der Waals surface area (Å²) in [5, 5.41) is 0. The first-order chi connectivity index (χ1) is 12.4. The monoisotopic (exact) mass is 417 g/mol. The predicted octanol–water partition coefficient (Wildman–Crippen LogP) is 3.76. The molecule has 0 radical (unpaired) electrons. The zero-order valence-electron chi connectivity index (χ0n) is 15.6. The lowest BCUT2D eigenvalue weighted by molar-refractivity contribution is -0.131. The largest absolute Gasteiger partial charge is 0.342 e. The van der Waals surface area contributed by atoms with Gasteiger partial charge in [-0.05, 0) is 45.0 Å². The fourth-order valence-corrected chi connectivity index (χ4v) is 3.15. The minimum absolute atomic E-state index is 0.0535. The maximum atomic E-state index is 12.7. The molecular formula is C20H24BrN3O2. The molecule has 0 bridgehead atoms. The van der Waals surface area contributed by atoms with E-state index < -0.39 is 0 Å². The summed E-state index contributed by atoms with van der Waals surface area (Å²) in [7, 11) is 1.64. The van der Waals surface area contributed by atoms with E-state index in [1.807, 2.05) is 51.1 Å². The van der Waals surface area contributed by atoms with E-state index in [4.69, 9.17) is 0 Å². The highest BCUT2D eigenvalue weighted by Crippen LogP contribution is 2.23. The van der Waals surface area contributed by atoms with Crippen molar-refractivity contribution < 1.29 is 9.59 Å². The van der Waals surface area contributed by atoms with E-state index >= 15 is 0 Å². The topological polar surface area (TPSA) is 53.5 Å². The Labute approximate surface area is 163 Å². The summed E-state index contributed by atoms with van der Waals surface area (Å²) in [5.74, 6) is -0.251. The molecule has 2 aromatic rings. The molecule has 1 aromatic heterocycles. The first-order valence-electron chi connectivity index (χ1n) is 8.64. The molecule has 5 nitrogen and oxygen atoms in total. The number of nitrogens with zero attached hydrogens (tertiary/aromatic N) is 3. The van der Waals surface area contributed by atoms with Gasteiger partial charge in [0.2, 0.25) is 5.91 Å². The average molecular weight is 418 g/mol. The van der Waals surface area contributed by atoms with Gasteiger partial charge in [0.15, 0.2) is 0 Å². The average Bonchev–Trinajstić information content (AvgIpc) is 2.62. The fourth-order valence-electron chi connectivity index (χ4n) is 2.75. The number of likely N-dealkylation sites (N-methyl/N-ethyl adjacent to an activating group) is 2. The van der Waals surface area contributed by atoms with Crippen LogP contribution in [0.1, 0.15) is 29.9 Å². The molecule has 6 heteroatoms. The van der Waals surface area contributed by atoms with Gasteiger partial charge in [-0.2, -0.15) is 0 Å². The van der Waals surface area contributed by atoms with Gasteiger partial charge >= 0.3 is 0 Å². The van der Waals surface area contributed by atoms with Crippen LogP contribution in [0, 0.1) is 6.92 Å². The summed E-state index contributed by atoms with van der Waals surface area (Å²) in [5.41, 5.74) is 2.95. The molecule has 0 N–H and O–H groups in total. The van der Waals surface area contributed by atoms with Crippen LogP contribution in [0.15, 0.2) is 40.9 Å². The lowest BCUT2D eigenvalue weighted by Crippen LogP contribution is -2.41. The number of carbonyl (C=O) groups excluding carboxylic acids is 2. The zero-order valence-corrected chi connectivity index (χ0v) is 17.2. The summed E-state index contributed by atoms with van der Waals surface area (Å²) >= 11 is 3.46. The number of rotatable bonds is 6. The van der Waals surface area contributed by atoms with Crippen molar-refractivity contribution in [1.29, 1.82) is 0 Å². The first-order valence-corrected chi connectivity index (χ1v) is 9.43. The van der Waals surface area contributed by atoms with Crippen molar-refractivity contribution in [1.82, 2.24) is 14.8 Å². The van der Waals surface area contributed by atoms with Crippen LogP contribution in [0.2, 0.25) is 0 Å². The molecular weight excluding hydrogens is 394 g/mol. The first kappa shape index (κ1) is 20.1. The van der Waals surface area contributed by atoms with Gasteiger partial charge in [-0.25, -0.2) is 0 Å². The molecule has 0 saturated carbocycles. The smallest absolute Gasteiger partial charge is 0.255 e. The fraction of sp³-hybridized carbons (Fsp3) is 0.350. The van der Waals surface area contributed by atoms with E-state index in [-0.39, 0.29) is 18.4 Å². The van der Waals surface area contributed by atoms with E-state index in [1.165, 1.54) is 4.90 Å².